The van der Waals surface area contributed by atoms with Crippen LogP contribution in [-0.2, 0) is 4.79 Å². The van der Waals surface area contributed by atoms with Crippen LogP contribution in [0.1, 0.15) is 39.5 Å². The Morgan fingerprint density at radius 2 is 1.94 bits per heavy atom. The van der Waals surface area contributed by atoms with Crippen molar-refractivity contribution in [1.82, 2.24) is 0 Å². The Balaban J connectivity index is 2.66. The summed E-state index contributed by atoms with van der Waals surface area (Å²) in [5.41, 5.74) is -1.10. The third kappa shape index (κ3) is 3.84. The SMILES string of the molecule is CCCCC(F)(CC)C(=O)Nc1ccccc1. The van der Waals surface area contributed by atoms with Crippen molar-refractivity contribution < 1.29 is 9.18 Å². The van der Waals surface area contributed by atoms with Crippen molar-refractivity contribution in [2.24, 2.45) is 0 Å². The highest BCUT2D eigenvalue weighted by Gasteiger charge is 2.35. The number of hydrogen-bond donors (Lipinski definition) is 1. The zero-order chi connectivity index (χ0) is 12.7. The number of unbranched alkanes of at least 4 members (excludes halogenated alkanes) is 1. The fraction of sp³-hybridized carbons (Fsp3) is 0.500. The minimum atomic E-state index is -1.74. The Morgan fingerprint density at radius 3 is 2.47 bits per heavy atom. The molecular weight excluding hydrogens is 217 g/mol. The molecule has 0 saturated carbocycles. The number of nitrogens with one attached hydrogen (secondary N) is 1. The van der Waals surface area contributed by atoms with Crippen molar-refractivity contribution >= 4 is 11.6 Å². The maximum Gasteiger partial charge on any atom is 0.262 e. The summed E-state index contributed by atoms with van der Waals surface area (Å²) in [5.74, 6) is -0.528. The summed E-state index contributed by atoms with van der Waals surface area (Å²) >= 11 is 0. The number of anilines is 1. The Bertz CT molecular complexity index is 352. The van der Waals surface area contributed by atoms with Gasteiger partial charge in [0, 0.05) is 5.69 Å². The maximum atomic E-state index is 14.4. The van der Waals surface area contributed by atoms with Gasteiger partial charge in [-0.15, -0.1) is 0 Å². The van der Waals surface area contributed by atoms with Crippen molar-refractivity contribution in [2.75, 3.05) is 5.32 Å². The molecule has 0 aliphatic heterocycles. The molecule has 1 N–H and O–H groups in total. The smallest absolute Gasteiger partial charge is 0.262 e. The number of hydrogen-bond acceptors (Lipinski definition) is 1. The third-order valence-electron chi connectivity index (χ3n) is 2.93. The third-order valence-corrected chi connectivity index (χ3v) is 2.93. The molecule has 1 amide bonds. The molecule has 2 nitrogen and oxygen atoms in total. The molecule has 0 aliphatic rings. The first kappa shape index (κ1) is 13.7. The average molecular weight is 237 g/mol. The second-order valence-electron chi connectivity index (χ2n) is 4.24. The van der Waals surface area contributed by atoms with E-state index in [2.05, 4.69) is 5.32 Å². The Kier molecular flexibility index (Phi) is 5.13. The van der Waals surface area contributed by atoms with Crippen LogP contribution in [0.3, 0.4) is 0 Å². The van der Waals surface area contributed by atoms with Crippen molar-refractivity contribution in [3.8, 4) is 0 Å². The topological polar surface area (TPSA) is 29.1 Å². The predicted molar refractivity (Wildman–Crippen MR) is 68.7 cm³/mol. The first-order valence-electron chi connectivity index (χ1n) is 6.18. The number of benzene rings is 1. The van der Waals surface area contributed by atoms with E-state index in [0.717, 1.165) is 12.8 Å². The largest absolute Gasteiger partial charge is 0.323 e. The summed E-state index contributed by atoms with van der Waals surface area (Å²) < 4.78 is 14.4. The average Bonchev–Trinajstić information content (AvgIpc) is 2.37. The van der Waals surface area contributed by atoms with Crippen molar-refractivity contribution in [1.29, 1.82) is 0 Å². The number of carbonyl (C=O) groups excluding carboxylic acids is 1. The summed E-state index contributed by atoms with van der Waals surface area (Å²) in [6, 6.07) is 9.00. The van der Waals surface area contributed by atoms with Gasteiger partial charge in [-0.05, 0) is 31.4 Å². The van der Waals surface area contributed by atoms with Crippen LogP contribution in [0.15, 0.2) is 30.3 Å². The van der Waals surface area contributed by atoms with Gasteiger partial charge in [0.15, 0.2) is 5.67 Å². The first-order valence-corrected chi connectivity index (χ1v) is 6.18. The van der Waals surface area contributed by atoms with Crippen LogP contribution in [0.5, 0.6) is 0 Å². The molecule has 1 aromatic carbocycles. The van der Waals surface area contributed by atoms with E-state index < -0.39 is 11.6 Å². The fourth-order valence-corrected chi connectivity index (χ4v) is 1.67. The van der Waals surface area contributed by atoms with Gasteiger partial charge in [-0.1, -0.05) is 38.5 Å². The minimum absolute atomic E-state index is 0.214. The molecule has 3 heteroatoms. The van der Waals surface area contributed by atoms with Gasteiger partial charge in [0.2, 0.25) is 0 Å². The van der Waals surface area contributed by atoms with E-state index >= 15 is 0 Å². The number of halogens is 1. The van der Waals surface area contributed by atoms with Crippen LogP contribution in [0.4, 0.5) is 10.1 Å². The normalized spacial score (nSPS) is 14.1. The van der Waals surface area contributed by atoms with Crippen molar-refractivity contribution in [3.63, 3.8) is 0 Å². The minimum Gasteiger partial charge on any atom is -0.323 e. The fourth-order valence-electron chi connectivity index (χ4n) is 1.67. The quantitative estimate of drug-likeness (QED) is 0.798. The number of amides is 1. The van der Waals surface area contributed by atoms with Crippen LogP contribution < -0.4 is 5.32 Å². The molecule has 0 spiro atoms. The molecule has 94 valence electrons. The van der Waals surface area contributed by atoms with Crippen LogP contribution in [0.25, 0.3) is 0 Å². The molecule has 0 heterocycles. The lowest BCUT2D eigenvalue weighted by molar-refractivity contribution is -0.128. The lowest BCUT2D eigenvalue weighted by Gasteiger charge is -2.22. The number of alkyl halides is 1. The summed E-state index contributed by atoms with van der Waals surface area (Å²) in [6.45, 7) is 3.70. The molecule has 17 heavy (non-hydrogen) atoms. The van der Waals surface area contributed by atoms with Crippen LogP contribution in [0, 0.1) is 0 Å². The van der Waals surface area contributed by atoms with Gasteiger partial charge in [-0.3, -0.25) is 4.79 Å². The summed E-state index contributed by atoms with van der Waals surface area (Å²) in [6.07, 6.45) is 2.13. The highest BCUT2D eigenvalue weighted by Crippen LogP contribution is 2.25. The molecule has 0 bridgehead atoms. The highest BCUT2D eigenvalue weighted by molar-refractivity contribution is 5.97. The molecule has 0 aliphatic carbocycles. The van der Waals surface area contributed by atoms with Crippen molar-refractivity contribution in [2.45, 2.75) is 45.2 Å². The van der Waals surface area contributed by atoms with Crippen molar-refractivity contribution in [3.05, 3.63) is 30.3 Å². The summed E-state index contributed by atoms with van der Waals surface area (Å²) in [5, 5.41) is 2.63. The Hall–Kier alpha value is -1.38. The van der Waals surface area contributed by atoms with E-state index in [-0.39, 0.29) is 6.42 Å². The number of rotatable bonds is 6. The highest BCUT2D eigenvalue weighted by atomic mass is 19.1. The zero-order valence-electron chi connectivity index (χ0n) is 10.5. The lowest BCUT2D eigenvalue weighted by atomic mass is 9.94. The molecule has 0 radical (unpaired) electrons. The molecular formula is C14H20FNO. The molecule has 1 aromatic rings. The Labute approximate surface area is 102 Å². The van der Waals surface area contributed by atoms with E-state index in [1.165, 1.54) is 0 Å². The second kappa shape index (κ2) is 6.38. The summed E-state index contributed by atoms with van der Waals surface area (Å²) in [7, 11) is 0. The van der Waals surface area contributed by atoms with E-state index in [1.807, 2.05) is 25.1 Å². The van der Waals surface area contributed by atoms with Gasteiger partial charge >= 0.3 is 0 Å². The van der Waals surface area contributed by atoms with E-state index in [0.29, 0.717) is 12.1 Å². The Morgan fingerprint density at radius 1 is 1.29 bits per heavy atom. The molecule has 0 fully saturated rings. The molecule has 0 saturated heterocycles. The van der Waals surface area contributed by atoms with E-state index in [1.54, 1.807) is 19.1 Å². The number of carbonyl (C=O) groups is 1. The van der Waals surface area contributed by atoms with Crippen LogP contribution in [0.2, 0.25) is 0 Å². The molecule has 0 aromatic heterocycles. The second-order valence-corrected chi connectivity index (χ2v) is 4.24. The lowest BCUT2D eigenvalue weighted by Crippen LogP contribution is -2.38. The predicted octanol–water partition coefficient (Wildman–Crippen LogP) is 3.93. The monoisotopic (exact) mass is 237 g/mol. The van der Waals surface area contributed by atoms with Gasteiger partial charge in [0.1, 0.15) is 0 Å². The molecule has 1 rings (SSSR count). The first-order chi connectivity index (χ1) is 8.12. The maximum absolute atomic E-state index is 14.4. The molecule has 1 atom stereocenters. The zero-order valence-corrected chi connectivity index (χ0v) is 10.5. The van der Waals surface area contributed by atoms with Gasteiger partial charge < -0.3 is 5.32 Å². The standard InChI is InChI=1S/C14H20FNO/c1-3-5-11-14(15,4-2)13(17)16-12-9-7-6-8-10-12/h6-10H,3-5,11H2,1-2H3,(H,16,17). The van der Waals surface area contributed by atoms with Gasteiger partial charge in [0.05, 0.1) is 0 Å². The number of para-hydroxylation sites is 1. The van der Waals surface area contributed by atoms with Gasteiger partial charge in [-0.25, -0.2) is 4.39 Å². The van der Waals surface area contributed by atoms with E-state index in [4.69, 9.17) is 0 Å². The van der Waals surface area contributed by atoms with Gasteiger partial charge in [-0.2, -0.15) is 0 Å². The van der Waals surface area contributed by atoms with Crippen LogP contribution in [-0.4, -0.2) is 11.6 Å². The summed E-state index contributed by atoms with van der Waals surface area (Å²) in [4.78, 5) is 11.9. The van der Waals surface area contributed by atoms with Gasteiger partial charge in [0.25, 0.3) is 5.91 Å². The molecule has 1 unspecified atom stereocenters. The van der Waals surface area contributed by atoms with E-state index in [9.17, 15) is 9.18 Å². The van der Waals surface area contributed by atoms with Crippen LogP contribution >= 0.6 is 0 Å².